The van der Waals surface area contributed by atoms with Gasteiger partial charge in [-0.25, -0.2) is 19.5 Å². The molecule has 1 fully saturated rings. The van der Waals surface area contributed by atoms with Crippen molar-refractivity contribution >= 4 is 57.2 Å². The molecule has 3 heterocycles. The first kappa shape index (κ1) is 29.1. The number of anilines is 3. The highest BCUT2D eigenvalue weighted by Gasteiger charge is 2.68. The molecule has 2 aliphatic rings. The Morgan fingerprint density at radius 3 is 2.50 bits per heavy atom. The fourth-order valence-corrected chi connectivity index (χ4v) is 6.35. The first-order valence-electron chi connectivity index (χ1n) is 14.7. The molecule has 2 N–H and O–H groups in total. The molecular formula is C34H31N5O7. The average Bonchev–Trinajstić information content (AvgIpc) is 3.61. The van der Waals surface area contributed by atoms with E-state index in [4.69, 9.17) is 19.2 Å². The van der Waals surface area contributed by atoms with Crippen LogP contribution in [-0.2, 0) is 14.9 Å². The Bertz CT molecular complexity index is 2100. The maximum Gasteiger partial charge on any atom is 0.435 e. The van der Waals surface area contributed by atoms with Crippen molar-refractivity contribution in [3.05, 3.63) is 77.9 Å². The molecule has 0 saturated heterocycles. The van der Waals surface area contributed by atoms with Gasteiger partial charge in [0.1, 0.15) is 11.4 Å². The van der Waals surface area contributed by atoms with Crippen LogP contribution in [0.4, 0.5) is 26.9 Å². The van der Waals surface area contributed by atoms with Crippen molar-refractivity contribution < 1.29 is 33.7 Å². The number of hydrogen-bond acceptors (Lipinski definition) is 9. The van der Waals surface area contributed by atoms with Crippen LogP contribution in [0.5, 0.6) is 11.5 Å². The molecular weight excluding hydrogens is 590 g/mol. The molecule has 1 spiro atoms. The van der Waals surface area contributed by atoms with Gasteiger partial charge in [0.25, 0.3) is 0 Å². The van der Waals surface area contributed by atoms with E-state index in [0.29, 0.717) is 51.7 Å². The number of ether oxygens (including phenoxy) is 3. The summed E-state index contributed by atoms with van der Waals surface area (Å²) in [5.41, 5.74) is 1.00. The smallest absolute Gasteiger partial charge is 0.435 e. The van der Waals surface area contributed by atoms with Crippen LogP contribution in [0.25, 0.3) is 21.8 Å². The van der Waals surface area contributed by atoms with E-state index in [1.54, 1.807) is 52.1 Å². The fraction of sp³-hybridized carbons (Fsp3) is 0.265. The Morgan fingerprint density at radius 1 is 1.00 bits per heavy atom. The number of carboxylic acid groups (broad SMARTS) is 1. The van der Waals surface area contributed by atoms with Crippen molar-refractivity contribution in [2.75, 3.05) is 24.4 Å². The van der Waals surface area contributed by atoms with Gasteiger partial charge in [-0.1, -0.05) is 24.3 Å². The summed E-state index contributed by atoms with van der Waals surface area (Å²) in [7, 11) is 3.07. The molecule has 0 bridgehead atoms. The summed E-state index contributed by atoms with van der Waals surface area (Å²) in [6.45, 7) is 5.31. The third kappa shape index (κ3) is 4.47. The molecule has 7 rings (SSSR count). The standard InChI is InChI=1S/C34H31N5O7/c1-33(2,3)46-32(43)39-26-14-18(23-17-34(23)22-16-20(44-4)11-13-25(22)38(30(34)40)31(41)42)10-12-21(26)28(37-39)36-29-27(45-5)15-19-8-6-7-9-24(19)35-29/h6-16,23H,17H2,1-5H3,(H,41,42)(H,35,36,37)/t23-,34-/m0/s1. The monoisotopic (exact) mass is 621 g/mol. The Kier molecular flexibility index (Phi) is 6.44. The summed E-state index contributed by atoms with van der Waals surface area (Å²) < 4.78 is 17.9. The zero-order chi connectivity index (χ0) is 32.5. The van der Waals surface area contributed by atoms with Crippen LogP contribution in [0.3, 0.4) is 0 Å². The largest absolute Gasteiger partial charge is 0.497 e. The Balaban J connectivity index is 1.33. The third-order valence-corrected chi connectivity index (χ3v) is 8.48. The van der Waals surface area contributed by atoms with Gasteiger partial charge in [-0.3, -0.25) is 4.79 Å². The van der Waals surface area contributed by atoms with Gasteiger partial charge in [0.2, 0.25) is 5.91 Å². The molecule has 0 unspecified atom stereocenters. The second-order valence-corrected chi connectivity index (χ2v) is 12.4. The first-order chi connectivity index (χ1) is 21.9. The number of imide groups is 1. The predicted octanol–water partition coefficient (Wildman–Crippen LogP) is 6.58. The second-order valence-electron chi connectivity index (χ2n) is 12.4. The molecule has 2 atom stereocenters. The number of amides is 2. The van der Waals surface area contributed by atoms with Crippen molar-refractivity contribution in [3.8, 4) is 11.5 Å². The lowest BCUT2D eigenvalue weighted by molar-refractivity contribution is -0.119. The lowest BCUT2D eigenvalue weighted by Gasteiger charge is -2.19. The molecule has 5 aromatic rings. The quantitative estimate of drug-likeness (QED) is 0.221. The summed E-state index contributed by atoms with van der Waals surface area (Å²) in [6, 6.07) is 20.0. The van der Waals surface area contributed by atoms with E-state index in [2.05, 4.69) is 10.4 Å². The van der Waals surface area contributed by atoms with Crippen LogP contribution in [0.2, 0.25) is 0 Å². The van der Waals surface area contributed by atoms with Gasteiger partial charge in [-0.2, -0.15) is 4.68 Å². The lowest BCUT2D eigenvalue weighted by Crippen LogP contribution is -2.36. The predicted molar refractivity (Wildman–Crippen MR) is 170 cm³/mol. The molecule has 1 saturated carbocycles. The van der Waals surface area contributed by atoms with Crippen LogP contribution < -0.4 is 19.7 Å². The topological polar surface area (TPSA) is 145 Å². The second kappa shape index (κ2) is 10.2. The van der Waals surface area contributed by atoms with Crippen LogP contribution >= 0.6 is 0 Å². The van der Waals surface area contributed by atoms with E-state index in [9.17, 15) is 19.5 Å². The molecule has 12 heteroatoms. The van der Waals surface area contributed by atoms with Gasteiger partial charge in [0.15, 0.2) is 17.4 Å². The van der Waals surface area contributed by atoms with Crippen LogP contribution in [0.15, 0.2) is 66.7 Å². The van der Waals surface area contributed by atoms with E-state index >= 15 is 0 Å². The molecule has 234 valence electrons. The summed E-state index contributed by atoms with van der Waals surface area (Å²) in [5.74, 6) is 0.926. The first-order valence-corrected chi connectivity index (χ1v) is 14.7. The summed E-state index contributed by atoms with van der Waals surface area (Å²) in [5, 5.41) is 19.3. The van der Waals surface area contributed by atoms with Crippen LogP contribution in [0, 0.1) is 0 Å². The maximum atomic E-state index is 13.7. The van der Waals surface area contributed by atoms with Crippen LogP contribution in [-0.4, -0.2) is 57.8 Å². The van der Waals surface area contributed by atoms with Gasteiger partial charge in [-0.15, -0.1) is 5.10 Å². The van der Waals surface area contributed by atoms with Crippen molar-refractivity contribution in [2.45, 2.75) is 44.1 Å². The zero-order valence-corrected chi connectivity index (χ0v) is 25.8. The van der Waals surface area contributed by atoms with Crippen molar-refractivity contribution in [3.63, 3.8) is 0 Å². The van der Waals surface area contributed by atoms with E-state index in [-0.39, 0.29) is 5.92 Å². The van der Waals surface area contributed by atoms with Gasteiger partial charge in [-0.05, 0) is 80.8 Å². The Hall–Kier alpha value is -5.65. The minimum atomic E-state index is -1.34. The number of pyridine rings is 1. The van der Waals surface area contributed by atoms with Gasteiger partial charge < -0.3 is 24.6 Å². The van der Waals surface area contributed by atoms with Gasteiger partial charge >= 0.3 is 12.2 Å². The summed E-state index contributed by atoms with van der Waals surface area (Å²) in [6.07, 6.45) is -1.63. The molecule has 2 amide bonds. The highest BCUT2D eigenvalue weighted by Crippen LogP contribution is 2.67. The molecule has 1 aliphatic heterocycles. The molecule has 12 nitrogen and oxygen atoms in total. The zero-order valence-electron chi connectivity index (χ0n) is 25.8. The van der Waals surface area contributed by atoms with E-state index < -0.39 is 29.1 Å². The SMILES string of the molecule is COc1ccc2c(c1)[C@]1(C[C@H]1c1ccc3c(Nc4nc5ccccc5cc4OC)nn(C(=O)OC(C)(C)C)c3c1)C(=O)N2C(=O)O. The highest BCUT2D eigenvalue weighted by molar-refractivity contribution is 6.22. The fourth-order valence-electron chi connectivity index (χ4n) is 6.35. The Morgan fingerprint density at radius 2 is 1.78 bits per heavy atom. The third-order valence-electron chi connectivity index (χ3n) is 8.48. The number of carbonyl (C=O) groups is 3. The van der Waals surface area contributed by atoms with E-state index in [1.165, 1.54) is 11.8 Å². The number of fused-ring (bicyclic) bond motifs is 4. The highest BCUT2D eigenvalue weighted by atomic mass is 16.6. The number of hydrogen-bond donors (Lipinski definition) is 2. The van der Waals surface area contributed by atoms with E-state index in [0.717, 1.165) is 21.4 Å². The van der Waals surface area contributed by atoms with Crippen LogP contribution in [0.1, 0.15) is 44.2 Å². The van der Waals surface area contributed by atoms with Gasteiger partial charge in [0, 0.05) is 16.7 Å². The summed E-state index contributed by atoms with van der Waals surface area (Å²) in [4.78, 5) is 44.9. The molecule has 2 aromatic heterocycles. The molecule has 1 aliphatic carbocycles. The number of nitrogens with zero attached hydrogens (tertiary/aromatic N) is 4. The van der Waals surface area contributed by atoms with Gasteiger partial charge in [0.05, 0.1) is 36.4 Å². The summed E-state index contributed by atoms with van der Waals surface area (Å²) >= 11 is 0. The number of benzene rings is 3. The minimum Gasteiger partial charge on any atom is -0.497 e. The number of carbonyl (C=O) groups excluding carboxylic acids is 2. The number of nitrogens with one attached hydrogen (secondary N) is 1. The number of aromatic nitrogens is 3. The van der Waals surface area contributed by atoms with Crippen molar-refractivity contribution in [2.24, 2.45) is 0 Å². The lowest BCUT2D eigenvalue weighted by atomic mass is 9.91. The molecule has 3 aromatic carbocycles. The molecule has 0 radical (unpaired) electrons. The van der Waals surface area contributed by atoms with Crippen molar-refractivity contribution in [1.82, 2.24) is 14.8 Å². The maximum absolute atomic E-state index is 13.7. The normalized spacial score (nSPS) is 18.6. The number of methoxy groups -OCH3 is 2. The minimum absolute atomic E-state index is 0.323. The Labute approximate surface area is 263 Å². The van der Waals surface area contributed by atoms with Crippen molar-refractivity contribution in [1.29, 1.82) is 0 Å². The average molecular weight is 622 g/mol. The molecule has 46 heavy (non-hydrogen) atoms. The van der Waals surface area contributed by atoms with E-state index in [1.807, 2.05) is 42.5 Å². The number of rotatable bonds is 5. The number of para-hydroxylation sites is 1.